The molecular weight excluding hydrogens is 817 g/mol. The number of anilines is 3. The maximum atomic E-state index is 13.5. The average Bonchev–Trinajstić information content (AvgIpc) is 3.51. The Morgan fingerprint density at radius 3 is 2.60 bits per heavy atom. The highest BCUT2D eigenvalue weighted by molar-refractivity contribution is 9.10. The number of nitrogens with zero attached hydrogens (tertiary/aromatic N) is 4. The number of halogens is 1. The molecule has 0 aliphatic heterocycles. The second-order valence-corrected chi connectivity index (χ2v) is 18.6. The summed E-state index contributed by atoms with van der Waals surface area (Å²) in [4.78, 5) is 35.7. The minimum absolute atomic E-state index is 0.0143. The molecule has 6 aromatic rings. The highest BCUT2D eigenvalue weighted by Gasteiger charge is 2.70. The van der Waals surface area contributed by atoms with Gasteiger partial charge in [-0.2, -0.15) is 21.9 Å². The van der Waals surface area contributed by atoms with Gasteiger partial charge >= 0.3 is 0 Å². The predicted molar refractivity (Wildman–Crippen MR) is 225 cm³/mol. The van der Waals surface area contributed by atoms with Crippen molar-refractivity contribution in [3.8, 4) is 12.1 Å². The summed E-state index contributed by atoms with van der Waals surface area (Å²) < 4.78 is 12.0. The molecule has 6 atom stereocenters. The SMILES string of the molecule is Cc1cscc1CNC(=O)c1c(C#N)oc2cnc(NC3CC4C5[C@H]4C(C)CC5(CC(C)(C)c4cc(Nc5ncc6oc(C#N)cc6c5Br)ccc4C(N)=O)C3)cc12. The van der Waals surface area contributed by atoms with E-state index < -0.39 is 11.3 Å². The first kappa shape index (κ1) is 37.9. The fraction of sp³-hybridized carbons (Fsp3) is 0.364. The third-order valence-electron chi connectivity index (χ3n) is 12.9. The van der Waals surface area contributed by atoms with Crippen LogP contribution >= 0.6 is 27.3 Å². The summed E-state index contributed by atoms with van der Waals surface area (Å²) in [7, 11) is 0. The first-order valence-corrected chi connectivity index (χ1v) is 21.1. The van der Waals surface area contributed by atoms with Crippen molar-refractivity contribution in [3.05, 3.63) is 97.3 Å². The number of nitrogens with one attached hydrogen (secondary N) is 3. The van der Waals surface area contributed by atoms with Crippen LogP contribution in [0, 0.1) is 58.7 Å². The molecular formula is C44H41BrN8O4S. The number of aromatic nitrogens is 2. The summed E-state index contributed by atoms with van der Waals surface area (Å²) >= 11 is 5.22. The molecule has 294 valence electrons. The van der Waals surface area contributed by atoms with E-state index in [9.17, 15) is 20.1 Å². The molecule has 0 spiro atoms. The topological polar surface area (TPSA) is 196 Å². The van der Waals surface area contributed by atoms with E-state index >= 15 is 0 Å². The molecule has 3 saturated carbocycles. The van der Waals surface area contributed by atoms with Gasteiger partial charge in [0.25, 0.3) is 5.91 Å². The molecule has 2 amide bonds. The second-order valence-electron chi connectivity index (χ2n) is 17.1. The molecule has 3 aliphatic rings. The van der Waals surface area contributed by atoms with E-state index in [4.69, 9.17) is 14.6 Å². The molecule has 5 heterocycles. The van der Waals surface area contributed by atoms with Crippen LogP contribution in [0.3, 0.4) is 0 Å². The van der Waals surface area contributed by atoms with Gasteiger partial charge in [-0.05, 0) is 135 Å². The van der Waals surface area contributed by atoms with Crippen molar-refractivity contribution in [3.63, 3.8) is 0 Å². The standard InChI is InChI=1S/C44H41BrN8O4S/c1-21-11-44(20-43(3,4)31-8-24(5-6-27(31)40(48)54)53-41-39(45)29-9-26(13-46)56-34(29)17-50-41)12-25(7-30-36(21)38(30)44)52-35-10-28-33(16-49-35)57-32(14-47)37(28)42(55)51-15-23-19-58-18-22(23)2/h5-6,8-10,16-19,21,25,30,36,38H,7,11-12,15,20H2,1-4H3,(H2,48,54)(H,49,52)(H,50,53)(H,51,55)/t21?,25?,30?,36-,38?,44?/m0/s1. The van der Waals surface area contributed by atoms with Crippen LogP contribution in [0.25, 0.3) is 21.9 Å². The number of carbonyl (C=O) groups is 2. The lowest BCUT2D eigenvalue weighted by Crippen LogP contribution is -2.42. The summed E-state index contributed by atoms with van der Waals surface area (Å²) in [6.45, 7) is 9.17. The van der Waals surface area contributed by atoms with Crippen LogP contribution in [0.4, 0.5) is 17.3 Å². The van der Waals surface area contributed by atoms with Gasteiger partial charge < -0.3 is 30.5 Å². The summed E-state index contributed by atoms with van der Waals surface area (Å²) in [5.74, 6) is 2.94. The number of carbonyl (C=O) groups excluding carboxylic acids is 2. The lowest BCUT2D eigenvalue weighted by molar-refractivity contribution is 0.0949. The van der Waals surface area contributed by atoms with Crippen LogP contribution in [0.1, 0.15) is 95.4 Å². The number of benzene rings is 1. The number of hydrogen-bond acceptors (Lipinski definition) is 11. The number of thiophene rings is 1. The minimum Gasteiger partial charge on any atom is -0.444 e. The normalized spacial score (nSPS) is 23.3. The number of fused-ring (bicyclic) bond motifs is 3. The molecule has 5 N–H and O–H groups in total. The van der Waals surface area contributed by atoms with Gasteiger partial charge in [-0.3, -0.25) is 9.59 Å². The van der Waals surface area contributed by atoms with Crippen molar-refractivity contribution >= 4 is 78.3 Å². The van der Waals surface area contributed by atoms with Crippen molar-refractivity contribution < 1.29 is 18.4 Å². The van der Waals surface area contributed by atoms with Crippen LogP contribution in [-0.2, 0) is 12.0 Å². The van der Waals surface area contributed by atoms with Crippen LogP contribution in [0.15, 0.2) is 66.8 Å². The maximum Gasteiger partial charge on any atom is 0.256 e. The average molecular weight is 858 g/mol. The molecule has 14 heteroatoms. The summed E-state index contributed by atoms with van der Waals surface area (Å²) in [5, 5.41) is 34.7. The predicted octanol–water partition coefficient (Wildman–Crippen LogP) is 9.45. The quantitative estimate of drug-likeness (QED) is 0.0974. The lowest BCUT2D eigenvalue weighted by atomic mass is 9.60. The van der Waals surface area contributed by atoms with E-state index in [1.165, 1.54) is 0 Å². The number of aryl methyl sites for hydroxylation is 1. The van der Waals surface area contributed by atoms with E-state index in [2.05, 4.69) is 68.7 Å². The van der Waals surface area contributed by atoms with Gasteiger partial charge in [0.15, 0.2) is 11.2 Å². The maximum absolute atomic E-state index is 13.5. The second kappa shape index (κ2) is 14.0. The van der Waals surface area contributed by atoms with Gasteiger partial charge in [0.1, 0.15) is 29.3 Å². The molecule has 0 radical (unpaired) electrons. The van der Waals surface area contributed by atoms with Gasteiger partial charge in [0.2, 0.25) is 17.4 Å². The van der Waals surface area contributed by atoms with Crippen LogP contribution in [0.2, 0.25) is 0 Å². The van der Waals surface area contributed by atoms with Gasteiger partial charge in [-0.25, -0.2) is 9.97 Å². The minimum atomic E-state index is -0.477. The highest BCUT2D eigenvalue weighted by atomic mass is 79.9. The third-order valence-corrected chi connectivity index (χ3v) is 14.6. The Hall–Kier alpha value is -5.70. The molecule has 0 saturated heterocycles. The summed E-state index contributed by atoms with van der Waals surface area (Å²) in [6.07, 6.45) is 7.07. The molecule has 5 unspecified atom stereocenters. The molecule has 9 rings (SSSR count). The molecule has 3 fully saturated rings. The number of furan rings is 2. The highest BCUT2D eigenvalue weighted by Crippen LogP contribution is 2.76. The fourth-order valence-corrected chi connectivity index (χ4v) is 12.2. The Morgan fingerprint density at radius 1 is 1.07 bits per heavy atom. The van der Waals surface area contributed by atoms with Crippen LogP contribution < -0.4 is 21.7 Å². The van der Waals surface area contributed by atoms with Gasteiger partial charge in [0, 0.05) is 40.7 Å². The van der Waals surface area contributed by atoms with Crippen molar-refractivity contribution in [1.29, 1.82) is 10.5 Å². The molecule has 3 aliphatic carbocycles. The van der Waals surface area contributed by atoms with Crippen molar-refractivity contribution in [2.45, 2.75) is 71.4 Å². The number of rotatable bonds is 11. The molecule has 0 bridgehead atoms. The first-order chi connectivity index (χ1) is 27.8. The molecule has 58 heavy (non-hydrogen) atoms. The number of nitriles is 2. The van der Waals surface area contributed by atoms with Gasteiger partial charge in [-0.15, -0.1) is 0 Å². The Labute approximate surface area is 347 Å². The van der Waals surface area contributed by atoms with Gasteiger partial charge in [-0.1, -0.05) is 20.8 Å². The van der Waals surface area contributed by atoms with Crippen molar-refractivity contribution in [2.75, 3.05) is 10.6 Å². The van der Waals surface area contributed by atoms with Crippen LogP contribution in [-0.4, -0.2) is 27.8 Å². The van der Waals surface area contributed by atoms with E-state index in [1.54, 1.807) is 35.9 Å². The number of amides is 2. The largest absolute Gasteiger partial charge is 0.444 e. The lowest BCUT2D eigenvalue weighted by Gasteiger charge is -2.46. The Bertz CT molecular complexity index is 2760. The van der Waals surface area contributed by atoms with E-state index in [-0.39, 0.29) is 34.4 Å². The van der Waals surface area contributed by atoms with E-state index in [0.717, 1.165) is 53.4 Å². The molecule has 5 aromatic heterocycles. The Balaban J connectivity index is 0.980. The zero-order chi connectivity index (χ0) is 40.7. The molecule has 12 nitrogen and oxygen atoms in total. The smallest absolute Gasteiger partial charge is 0.256 e. The van der Waals surface area contributed by atoms with Crippen molar-refractivity contribution in [1.82, 2.24) is 15.3 Å². The van der Waals surface area contributed by atoms with E-state index in [1.807, 2.05) is 42.0 Å². The number of pyridine rings is 2. The monoisotopic (exact) mass is 856 g/mol. The zero-order valence-corrected chi connectivity index (χ0v) is 34.8. The zero-order valence-electron chi connectivity index (χ0n) is 32.4. The number of primary amides is 1. The van der Waals surface area contributed by atoms with Crippen LogP contribution in [0.5, 0.6) is 0 Å². The van der Waals surface area contributed by atoms with E-state index in [0.29, 0.717) is 68.4 Å². The number of hydrogen-bond donors (Lipinski definition) is 4. The Morgan fingerprint density at radius 2 is 1.86 bits per heavy atom. The van der Waals surface area contributed by atoms with Gasteiger partial charge in [0.05, 0.1) is 16.9 Å². The third kappa shape index (κ3) is 6.39. The summed E-state index contributed by atoms with van der Waals surface area (Å²) in [5.41, 5.74) is 11.0. The first-order valence-electron chi connectivity index (χ1n) is 19.4. The number of nitrogens with two attached hydrogens (primary N) is 1. The fourth-order valence-electron chi connectivity index (χ4n) is 10.8. The summed E-state index contributed by atoms with van der Waals surface area (Å²) in [6, 6.07) is 13.4. The Kier molecular flexibility index (Phi) is 9.13. The molecule has 1 aromatic carbocycles. The van der Waals surface area contributed by atoms with Crippen molar-refractivity contribution in [2.24, 2.45) is 34.8 Å².